The molecule has 106 valence electrons. The van der Waals surface area contributed by atoms with E-state index >= 15 is 0 Å². The first-order valence-electron chi connectivity index (χ1n) is 7.77. The van der Waals surface area contributed by atoms with E-state index in [0.717, 1.165) is 6.54 Å². The summed E-state index contributed by atoms with van der Waals surface area (Å²) in [5.41, 5.74) is 4.36. The van der Waals surface area contributed by atoms with Crippen LogP contribution in [0.1, 0.15) is 50.7 Å². The van der Waals surface area contributed by atoms with Gasteiger partial charge in [0.15, 0.2) is 0 Å². The molecule has 0 amide bonds. The number of likely N-dealkylation sites (N-methyl/N-ethyl adjacent to an activating group) is 1. The molecule has 2 nitrogen and oxygen atoms in total. The van der Waals surface area contributed by atoms with Crippen molar-refractivity contribution in [3.8, 4) is 0 Å². The number of nitrogens with one attached hydrogen (secondary N) is 1. The molecule has 2 heteroatoms. The van der Waals surface area contributed by atoms with E-state index in [2.05, 4.69) is 49.3 Å². The van der Waals surface area contributed by atoms with E-state index in [9.17, 15) is 0 Å². The highest BCUT2D eigenvalue weighted by Gasteiger charge is 2.15. The topological polar surface area (TPSA) is 15.3 Å². The van der Waals surface area contributed by atoms with Crippen LogP contribution in [-0.4, -0.2) is 19.6 Å². The lowest BCUT2D eigenvalue weighted by molar-refractivity contribution is 0.487. The molecule has 1 aromatic carbocycles. The van der Waals surface area contributed by atoms with E-state index in [1.807, 2.05) is 0 Å². The summed E-state index contributed by atoms with van der Waals surface area (Å²) in [6, 6.07) is 7.56. The molecule has 0 saturated heterocycles. The normalized spacial score (nSPS) is 15.6. The van der Waals surface area contributed by atoms with Crippen LogP contribution < -0.4 is 10.2 Å². The molecule has 0 spiro atoms. The average molecular weight is 260 g/mol. The van der Waals surface area contributed by atoms with Crippen molar-refractivity contribution in [1.29, 1.82) is 0 Å². The fourth-order valence-electron chi connectivity index (χ4n) is 2.82. The Bertz CT molecular complexity index is 400. The molecule has 1 aromatic rings. The van der Waals surface area contributed by atoms with E-state index < -0.39 is 0 Å². The molecule has 0 aromatic heterocycles. The van der Waals surface area contributed by atoms with Crippen molar-refractivity contribution in [1.82, 2.24) is 5.32 Å². The lowest BCUT2D eigenvalue weighted by Gasteiger charge is -2.15. The van der Waals surface area contributed by atoms with Crippen molar-refractivity contribution < 1.29 is 0 Å². The lowest BCUT2D eigenvalue weighted by Crippen LogP contribution is -2.25. The molecule has 19 heavy (non-hydrogen) atoms. The number of rotatable bonds is 7. The minimum absolute atomic E-state index is 0.627. The summed E-state index contributed by atoms with van der Waals surface area (Å²) in [4.78, 5) is 2.35. The summed E-state index contributed by atoms with van der Waals surface area (Å²) in [6.07, 6.45) is 6.51. The number of fused-ring (bicyclic) bond motifs is 1. The van der Waals surface area contributed by atoms with Crippen LogP contribution in [0.5, 0.6) is 0 Å². The maximum Gasteiger partial charge on any atom is 0.0397 e. The van der Waals surface area contributed by atoms with Crippen molar-refractivity contribution in [2.24, 2.45) is 0 Å². The minimum atomic E-state index is 0.627. The Kier molecular flexibility index (Phi) is 5.26. The molecule has 1 aliphatic rings. The van der Waals surface area contributed by atoms with Gasteiger partial charge in [0, 0.05) is 31.9 Å². The molecular formula is C17H28N2. The molecule has 0 saturated carbocycles. The SMILES string of the molecule is CCCCCC(C)NCc1ccc2c(c1)CCN2C. The maximum absolute atomic E-state index is 3.65. The fourth-order valence-corrected chi connectivity index (χ4v) is 2.82. The van der Waals surface area contributed by atoms with Crippen LogP contribution in [0.15, 0.2) is 18.2 Å². The molecule has 0 aliphatic carbocycles. The number of anilines is 1. The summed E-state index contributed by atoms with van der Waals surface area (Å²) < 4.78 is 0. The fraction of sp³-hybridized carbons (Fsp3) is 0.647. The summed E-state index contributed by atoms with van der Waals surface area (Å²) in [6.45, 7) is 6.74. The molecule has 1 aliphatic heterocycles. The van der Waals surface area contributed by atoms with Gasteiger partial charge >= 0.3 is 0 Å². The van der Waals surface area contributed by atoms with Crippen LogP contribution in [0.2, 0.25) is 0 Å². The first kappa shape index (κ1) is 14.4. The number of nitrogens with zero attached hydrogens (tertiary/aromatic N) is 1. The zero-order chi connectivity index (χ0) is 13.7. The van der Waals surface area contributed by atoms with Gasteiger partial charge in [-0.15, -0.1) is 0 Å². The summed E-state index contributed by atoms with van der Waals surface area (Å²) in [5, 5.41) is 3.65. The van der Waals surface area contributed by atoms with Gasteiger partial charge < -0.3 is 10.2 Å². The largest absolute Gasteiger partial charge is 0.374 e. The smallest absolute Gasteiger partial charge is 0.0397 e. The second kappa shape index (κ2) is 6.95. The monoisotopic (exact) mass is 260 g/mol. The highest BCUT2D eigenvalue weighted by atomic mass is 15.1. The molecular weight excluding hydrogens is 232 g/mol. The summed E-state index contributed by atoms with van der Waals surface area (Å²) in [5.74, 6) is 0. The highest BCUT2D eigenvalue weighted by Crippen LogP contribution is 2.27. The van der Waals surface area contributed by atoms with Crippen molar-refractivity contribution in [2.75, 3.05) is 18.5 Å². The Morgan fingerprint density at radius 2 is 2.16 bits per heavy atom. The molecule has 2 rings (SSSR count). The van der Waals surface area contributed by atoms with Crippen LogP contribution in [0, 0.1) is 0 Å². The van der Waals surface area contributed by atoms with Gasteiger partial charge in [0.25, 0.3) is 0 Å². The summed E-state index contributed by atoms with van der Waals surface area (Å²) in [7, 11) is 2.18. The van der Waals surface area contributed by atoms with Gasteiger partial charge in [-0.2, -0.15) is 0 Å². The third kappa shape index (κ3) is 3.97. The number of hydrogen-bond donors (Lipinski definition) is 1. The predicted octanol–water partition coefficient (Wildman–Crippen LogP) is 3.74. The van der Waals surface area contributed by atoms with Crippen LogP contribution in [-0.2, 0) is 13.0 Å². The average Bonchev–Trinajstić information content (AvgIpc) is 2.78. The van der Waals surface area contributed by atoms with Crippen molar-refractivity contribution >= 4 is 5.69 Å². The Morgan fingerprint density at radius 3 is 2.95 bits per heavy atom. The zero-order valence-corrected chi connectivity index (χ0v) is 12.7. The van der Waals surface area contributed by atoms with Crippen LogP contribution in [0.4, 0.5) is 5.69 Å². The molecule has 1 N–H and O–H groups in total. The molecule has 1 atom stereocenters. The Balaban J connectivity index is 1.80. The van der Waals surface area contributed by atoms with E-state index in [-0.39, 0.29) is 0 Å². The Hall–Kier alpha value is -1.02. The maximum atomic E-state index is 3.65. The van der Waals surface area contributed by atoms with Crippen LogP contribution >= 0.6 is 0 Å². The molecule has 0 fully saturated rings. The van der Waals surface area contributed by atoms with Gasteiger partial charge in [-0.3, -0.25) is 0 Å². The van der Waals surface area contributed by atoms with Gasteiger partial charge in [0.2, 0.25) is 0 Å². The van der Waals surface area contributed by atoms with Crippen LogP contribution in [0.3, 0.4) is 0 Å². The van der Waals surface area contributed by atoms with Crippen molar-refractivity contribution in [3.05, 3.63) is 29.3 Å². The number of benzene rings is 1. The second-order valence-corrected chi connectivity index (χ2v) is 5.91. The van der Waals surface area contributed by atoms with Gasteiger partial charge in [0.1, 0.15) is 0 Å². The molecule has 1 heterocycles. The standard InChI is InChI=1S/C17H28N2/c1-4-5-6-7-14(2)18-13-15-8-9-17-16(12-15)10-11-19(17)3/h8-9,12,14,18H,4-7,10-11,13H2,1-3H3. The third-order valence-electron chi connectivity index (χ3n) is 4.17. The predicted molar refractivity (Wildman–Crippen MR) is 83.9 cm³/mol. The van der Waals surface area contributed by atoms with Crippen molar-refractivity contribution in [3.63, 3.8) is 0 Å². The number of unbranched alkanes of at least 4 members (excludes halogenated alkanes) is 2. The first-order valence-corrected chi connectivity index (χ1v) is 7.77. The highest BCUT2D eigenvalue weighted by molar-refractivity contribution is 5.58. The third-order valence-corrected chi connectivity index (χ3v) is 4.17. The molecule has 0 radical (unpaired) electrons. The van der Waals surface area contributed by atoms with Gasteiger partial charge in [0.05, 0.1) is 0 Å². The Labute approximate surface area is 118 Å². The number of hydrogen-bond acceptors (Lipinski definition) is 2. The quantitative estimate of drug-likeness (QED) is 0.751. The zero-order valence-electron chi connectivity index (χ0n) is 12.7. The van der Waals surface area contributed by atoms with Gasteiger partial charge in [-0.05, 0) is 37.0 Å². The Morgan fingerprint density at radius 1 is 1.32 bits per heavy atom. The second-order valence-electron chi connectivity index (χ2n) is 5.91. The van der Waals surface area contributed by atoms with Gasteiger partial charge in [-0.1, -0.05) is 38.3 Å². The van der Waals surface area contributed by atoms with Crippen LogP contribution in [0.25, 0.3) is 0 Å². The first-order chi connectivity index (χ1) is 9.20. The minimum Gasteiger partial charge on any atom is -0.374 e. The molecule has 1 unspecified atom stereocenters. The lowest BCUT2D eigenvalue weighted by atomic mass is 10.1. The summed E-state index contributed by atoms with van der Waals surface area (Å²) >= 11 is 0. The molecule has 0 bridgehead atoms. The van der Waals surface area contributed by atoms with Gasteiger partial charge in [-0.25, -0.2) is 0 Å². The van der Waals surface area contributed by atoms with E-state index in [1.165, 1.54) is 55.5 Å². The van der Waals surface area contributed by atoms with E-state index in [0.29, 0.717) is 6.04 Å². The van der Waals surface area contributed by atoms with E-state index in [1.54, 1.807) is 0 Å². The van der Waals surface area contributed by atoms with E-state index in [4.69, 9.17) is 0 Å². The van der Waals surface area contributed by atoms with Crippen molar-refractivity contribution in [2.45, 2.75) is 58.5 Å².